The van der Waals surface area contributed by atoms with Gasteiger partial charge in [0, 0.05) is 19.9 Å². The smallest absolute Gasteiger partial charge is 0.418 e. The van der Waals surface area contributed by atoms with Gasteiger partial charge in [-0.1, -0.05) is 13.0 Å². The second-order valence-electron chi connectivity index (χ2n) is 6.72. The van der Waals surface area contributed by atoms with Crippen LogP contribution in [0.3, 0.4) is 0 Å². The molecule has 2 amide bonds. The van der Waals surface area contributed by atoms with Crippen LogP contribution < -0.4 is 5.43 Å². The van der Waals surface area contributed by atoms with Crippen molar-refractivity contribution < 1.29 is 45.1 Å². The van der Waals surface area contributed by atoms with Crippen LogP contribution in [0, 0.1) is 0 Å². The SMILES string of the molecule is CCC(C)N1C(=O)c2cccc(NN=C3C(=O)OC(C)(C)OC3=O)c2C1=O.[Ni+2]. The molecule has 2 aliphatic rings. The third-order valence-corrected chi connectivity index (χ3v) is 4.33. The number of anilines is 1. The minimum Gasteiger partial charge on any atom is -0.418 e. The molecule has 10 heteroatoms. The van der Waals surface area contributed by atoms with Crippen molar-refractivity contribution in [2.24, 2.45) is 5.10 Å². The Labute approximate surface area is 171 Å². The molecule has 0 radical (unpaired) electrons. The van der Waals surface area contributed by atoms with Crippen LogP contribution in [-0.4, -0.2) is 46.2 Å². The fraction of sp³-hybridized carbons (Fsp3) is 0.389. The van der Waals surface area contributed by atoms with Gasteiger partial charge < -0.3 is 9.47 Å². The Morgan fingerprint density at radius 2 is 1.71 bits per heavy atom. The van der Waals surface area contributed by atoms with Crippen LogP contribution >= 0.6 is 0 Å². The number of carbonyl (C=O) groups is 4. The van der Waals surface area contributed by atoms with Gasteiger partial charge in [-0.3, -0.25) is 19.9 Å². The second-order valence-corrected chi connectivity index (χ2v) is 6.72. The van der Waals surface area contributed by atoms with Crippen molar-refractivity contribution >= 4 is 35.2 Å². The summed E-state index contributed by atoms with van der Waals surface area (Å²) < 4.78 is 9.91. The van der Waals surface area contributed by atoms with Gasteiger partial charge in [0.15, 0.2) is 0 Å². The summed E-state index contributed by atoms with van der Waals surface area (Å²) in [5, 5.41) is 3.74. The van der Waals surface area contributed by atoms with Gasteiger partial charge in [0.2, 0.25) is 0 Å². The number of fused-ring (bicyclic) bond motifs is 1. The summed E-state index contributed by atoms with van der Waals surface area (Å²) in [4.78, 5) is 50.3. The molecule has 1 atom stereocenters. The van der Waals surface area contributed by atoms with Gasteiger partial charge in [-0.05, 0) is 25.5 Å². The molecule has 1 aromatic rings. The molecule has 1 unspecified atom stereocenters. The van der Waals surface area contributed by atoms with Gasteiger partial charge in [-0.15, -0.1) is 0 Å². The predicted molar refractivity (Wildman–Crippen MR) is 94.0 cm³/mol. The molecular weight excluding hydrogens is 413 g/mol. The molecular formula is C18H19N3NiO6+2. The fourth-order valence-corrected chi connectivity index (χ4v) is 2.83. The van der Waals surface area contributed by atoms with Crippen LogP contribution in [0.25, 0.3) is 0 Å². The third kappa shape index (κ3) is 3.64. The van der Waals surface area contributed by atoms with E-state index < -0.39 is 29.3 Å². The number of ether oxygens (including phenoxy) is 2. The largest absolute Gasteiger partial charge is 2.00 e. The van der Waals surface area contributed by atoms with Gasteiger partial charge in [0.1, 0.15) is 0 Å². The first kappa shape index (κ1) is 21.6. The van der Waals surface area contributed by atoms with Crippen molar-refractivity contribution in [1.29, 1.82) is 0 Å². The van der Waals surface area contributed by atoms with E-state index in [1.165, 1.54) is 24.8 Å². The van der Waals surface area contributed by atoms with Gasteiger partial charge in [0.05, 0.1) is 16.8 Å². The number of hydrogen-bond acceptors (Lipinski definition) is 8. The quantitative estimate of drug-likeness (QED) is 0.333. The van der Waals surface area contributed by atoms with E-state index in [2.05, 4.69) is 10.5 Å². The number of imide groups is 1. The monoisotopic (exact) mass is 431 g/mol. The van der Waals surface area contributed by atoms with Crippen LogP contribution in [0.4, 0.5) is 5.69 Å². The van der Waals surface area contributed by atoms with E-state index >= 15 is 0 Å². The zero-order valence-corrected chi connectivity index (χ0v) is 16.7. The van der Waals surface area contributed by atoms with Crippen molar-refractivity contribution in [3.05, 3.63) is 29.3 Å². The Balaban J connectivity index is 0.00000280. The molecule has 28 heavy (non-hydrogen) atoms. The number of nitrogens with one attached hydrogen (secondary N) is 1. The maximum atomic E-state index is 12.7. The van der Waals surface area contributed by atoms with E-state index in [0.717, 1.165) is 0 Å². The average molecular weight is 432 g/mol. The molecule has 0 aliphatic carbocycles. The minimum atomic E-state index is -1.37. The van der Waals surface area contributed by atoms with Crippen molar-refractivity contribution in [3.63, 3.8) is 0 Å². The fourth-order valence-electron chi connectivity index (χ4n) is 2.83. The second kappa shape index (κ2) is 7.71. The summed E-state index contributed by atoms with van der Waals surface area (Å²) in [5.74, 6) is -4.11. The first-order chi connectivity index (χ1) is 12.7. The molecule has 0 bridgehead atoms. The minimum absolute atomic E-state index is 0. The molecule has 1 fully saturated rings. The average Bonchev–Trinajstić information content (AvgIpc) is 2.84. The van der Waals surface area contributed by atoms with Crippen LogP contribution in [0.15, 0.2) is 23.3 Å². The van der Waals surface area contributed by atoms with Crippen LogP contribution in [0.5, 0.6) is 0 Å². The number of cyclic esters (lactones) is 2. The molecule has 0 aromatic heterocycles. The van der Waals surface area contributed by atoms with E-state index in [1.807, 2.05) is 6.92 Å². The summed E-state index contributed by atoms with van der Waals surface area (Å²) in [6.07, 6.45) is 0.615. The summed E-state index contributed by atoms with van der Waals surface area (Å²) in [5.41, 5.74) is 2.52. The normalized spacial score (nSPS) is 18.7. The number of esters is 2. The van der Waals surface area contributed by atoms with Gasteiger partial charge >= 0.3 is 28.4 Å². The van der Waals surface area contributed by atoms with Gasteiger partial charge in [0.25, 0.3) is 23.3 Å². The van der Waals surface area contributed by atoms with E-state index in [4.69, 9.17) is 9.47 Å². The molecule has 9 nitrogen and oxygen atoms in total. The number of rotatable bonds is 4. The van der Waals surface area contributed by atoms with Crippen molar-refractivity contribution in [1.82, 2.24) is 4.90 Å². The maximum absolute atomic E-state index is 12.7. The zero-order valence-electron chi connectivity index (χ0n) is 15.7. The molecule has 2 aliphatic heterocycles. The first-order valence-electron chi connectivity index (χ1n) is 8.47. The Morgan fingerprint density at radius 3 is 2.29 bits per heavy atom. The van der Waals surface area contributed by atoms with E-state index in [9.17, 15) is 19.2 Å². The van der Waals surface area contributed by atoms with E-state index in [0.29, 0.717) is 6.42 Å². The number of hydrogen-bond donors (Lipinski definition) is 1. The summed E-state index contributed by atoms with van der Waals surface area (Å²) in [6, 6.07) is 4.38. The number of nitrogens with zero attached hydrogens (tertiary/aromatic N) is 2. The molecule has 1 saturated heterocycles. The van der Waals surface area contributed by atoms with Crippen LogP contribution in [-0.2, 0) is 35.6 Å². The van der Waals surface area contributed by atoms with Crippen LogP contribution in [0.2, 0.25) is 0 Å². The first-order valence-corrected chi connectivity index (χ1v) is 8.47. The molecule has 3 rings (SSSR count). The maximum Gasteiger partial charge on any atom is 2.00 e. The summed E-state index contributed by atoms with van der Waals surface area (Å²) in [7, 11) is 0. The van der Waals surface area contributed by atoms with Crippen molar-refractivity contribution in [3.8, 4) is 0 Å². The molecule has 1 aromatic carbocycles. The third-order valence-electron chi connectivity index (χ3n) is 4.33. The standard InChI is InChI=1S/C18H19N3O6.Ni/c1-5-9(2)21-14(22)10-7-6-8-11(12(10)15(21)23)19-20-13-16(24)26-18(3,4)27-17(13)25;/h6-9,19H,5H2,1-4H3;/q;+2. The summed E-state index contributed by atoms with van der Waals surface area (Å²) in [6.45, 7) is 6.50. The summed E-state index contributed by atoms with van der Waals surface area (Å²) >= 11 is 0. The molecule has 150 valence electrons. The van der Waals surface area contributed by atoms with E-state index in [-0.39, 0.29) is 45.3 Å². The van der Waals surface area contributed by atoms with Crippen LogP contribution in [0.1, 0.15) is 54.8 Å². The van der Waals surface area contributed by atoms with Crippen molar-refractivity contribution in [2.75, 3.05) is 5.43 Å². The zero-order chi connectivity index (χ0) is 19.9. The van der Waals surface area contributed by atoms with Gasteiger partial charge in [-0.25, -0.2) is 9.59 Å². The van der Waals surface area contributed by atoms with E-state index in [1.54, 1.807) is 19.1 Å². The van der Waals surface area contributed by atoms with Crippen molar-refractivity contribution in [2.45, 2.75) is 45.9 Å². The number of benzene rings is 1. The Morgan fingerprint density at radius 1 is 1.11 bits per heavy atom. The Bertz CT molecular complexity index is 873. The molecule has 0 spiro atoms. The Hall–Kier alpha value is -2.74. The molecule has 1 N–H and O–H groups in total. The molecule has 0 saturated carbocycles. The van der Waals surface area contributed by atoms with Gasteiger partial charge in [-0.2, -0.15) is 5.10 Å². The predicted octanol–water partition coefficient (Wildman–Crippen LogP) is 1.68. The number of hydrazone groups is 1. The number of amides is 2. The number of carbonyl (C=O) groups excluding carboxylic acids is 4. The molecule has 2 heterocycles. The Kier molecular flexibility index (Phi) is 5.94. The topological polar surface area (TPSA) is 114 Å².